The highest BCUT2D eigenvalue weighted by Crippen LogP contribution is 2.13. The Morgan fingerprint density at radius 2 is 2.25 bits per heavy atom. The van der Waals surface area contributed by atoms with Crippen LogP contribution >= 0.6 is 0 Å². The molecule has 1 fully saturated rings. The standard InChI is InChI=1S/C11H20N2O3/c1-4-5-13-10(14)6-9(11(13)15)12-8(2)7-16-3/h8-9,12H,4-7H2,1-3H3. The maximum atomic E-state index is 11.8. The quantitative estimate of drug-likeness (QED) is 0.657. The van der Waals surface area contributed by atoms with Crippen molar-refractivity contribution < 1.29 is 14.3 Å². The zero-order valence-electron chi connectivity index (χ0n) is 10.2. The third-order valence-electron chi connectivity index (χ3n) is 2.59. The van der Waals surface area contributed by atoms with E-state index in [1.807, 2.05) is 13.8 Å². The zero-order chi connectivity index (χ0) is 12.1. The van der Waals surface area contributed by atoms with Crippen molar-refractivity contribution in [2.45, 2.75) is 38.8 Å². The summed E-state index contributed by atoms with van der Waals surface area (Å²) in [4.78, 5) is 24.8. The van der Waals surface area contributed by atoms with Gasteiger partial charge in [-0.15, -0.1) is 0 Å². The molecule has 1 aliphatic heterocycles. The highest BCUT2D eigenvalue weighted by atomic mass is 16.5. The summed E-state index contributed by atoms with van der Waals surface area (Å²) in [6, 6.07) is -0.294. The van der Waals surface area contributed by atoms with E-state index >= 15 is 0 Å². The number of hydrogen-bond acceptors (Lipinski definition) is 4. The Kier molecular flexibility index (Phi) is 4.89. The van der Waals surface area contributed by atoms with Crippen LogP contribution in [-0.4, -0.2) is 49.1 Å². The van der Waals surface area contributed by atoms with Crippen LogP contribution in [0, 0.1) is 0 Å². The lowest BCUT2D eigenvalue weighted by molar-refractivity contribution is -0.138. The Labute approximate surface area is 96.1 Å². The number of rotatable bonds is 6. The van der Waals surface area contributed by atoms with Gasteiger partial charge < -0.3 is 10.1 Å². The summed E-state index contributed by atoms with van der Waals surface area (Å²) < 4.78 is 4.98. The summed E-state index contributed by atoms with van der Waals surface area (Å²) in [5, 5.41) is 3.11. The van der Waals surface area contributed by atoms with Gasteiger partial charge in [0, 0.05) is 19.7 Å². The number of hydrogen-bond donors (Lipinski definition) is 1. The van der Waals surface area contributed by atoms with E-state index in [0.717, 1.165) is 6.42 Å². The molecule has 92 valence electrons. The third kappa shape index (κ3) is 3.02. The van der Waals surface area contributed by atoms with Crippen molar-refractivity contribution in [3.63, 3.8) is 0 Å². The molecule has 1 aliphatic rings. The lowest BCUT2D eigenvalue weighted by Gasteiger charge is -2.18. The first-order valence-corrected chi connectivity index (χ1v) is 5.69. The van der Waals surface area contributed by atoms with E-state index in [1.165, 1.54) is 4.90 Å². The maximum Gasteiger partial charge on any atom is 0.246 e. The number of ether oxygens (including phenoxy) is 1. The minimum absolute atomic E-state index is 0.0750. The third-order valence-corrected chi connectivity index (χ3v) is 2.59. The fourth-order valence-electron chi connectivity index (χ4n) is 1.91. The van der Waals surface area contributed by atoms with Gasteiger partial charge in [0.05, 0.1) is 19.1 Å². The van der Waals surface area contributed by atoms with Gasteiger partial charge in [-0.25, -0.2) is 0 Å². The Balaban J connectivity index is 2.51. The van der Waals surface area contributed by atoms with Gasteiger partial charge in [-0.05, 0) is 13.3 Å². The molecule has 1 heterocycles. The number of nitrogens with zero attached hydrogens (tertiary/aromatic N) is 1. The van der Waals surface area contributed by atoms with Crippen LogP contribution in [0.15, 0.2) is 0 Å². The SMILES string of the molecule is CCCN1C(=O)CC(NC(C)COC)C1=O. The number of methoxy groups -OCH3 is 1. The molecule has 0 saturated carbocycles. The normalized spacial score (nSPS) is 22.9. The van der Waals surface area contributed by atoms with Gasteiger partial charge in [0.15, 0.2) is 0 Å². The molecule has 16 heavy (non-hydrogen) atoms. The molecule has 0 radical (unpaired) electrons. The molecule has 0 aromatic heterocycles. The van der Waals surface area contributed by atoms with Crippen LogP contribution < -0.4 is 5.32 Å². The lowest BCUT2D eigenvalue weighted by atomic mass is 10.2. The first kappa shape index (κ1) is 13.1. The minimum atomic E-state index is -0.371. The molecule has 1 N–H and O–H groups in total. The number of carbonyl (C=O) groups is 2. The number of amides is 2. The second-order valence-corrected chi connectivity index (χ2v) is 4.16. The summed E-state index contributed by atoms with van der Waals surface area (Å²) >= 11 is 0. The minimum Gasteiger partial charge on any atom is -0.383 e. The predicted octanol–water partition coefficient (Wildman–Crippen LogP) is 0.148. The van der Waals surface area contributed by atoms with Gasteiger partial charge in [-0.1, -0.05) is 6.92 Å². The highest BCUT2D eigenvalue weighted by molar-refractivity contribution is 6.05. The molecule has 1 rings (SSSR count). The molecule has 0 aromatic carbocycles. The summed E-state index contributed by atoms with van der Waals surface area (Å²) in [6.07, 6.45) is 1.07. The smallest absolute Gasteiger partial charge is 0.246 e. The van der Waals surface area contributed by atoms with Crippen molar-refractivity contribution in [1.82, 2.24) is 10.2 Å². The number of nitrogens with one attached hydrogen (secondary N) is 1. The van der Waals surface area contributed by atoms with E-state index in [0.29, 0.717) is 13.2 Å². The van der Waals surface area contributed by atoms with Crippen molar-refractivity contribution in [2.24, 2.45) is 0 Å². The molecule has 2 unspecified atom stereocenters. The number of likely N-dealkylation sites (tertiary alicyclic amines) is 1. The second-order valence-electron chi connectivity index (χ2n) is 4.16. The highest BCUT2D eigenvalue weighted by Gasteiger charge is 2.38. The largest absolute Gasteiger partial charge is 0.383 e. The molecule has 5 nitrogen and oxygen atoms in total. The molecule has 0 bridgehead atoms. The van der Waals surface area contributed by atoms with E-state index in [1.54, 1.807) is 7.11 Å². The zero-order valence-corrected chi connectivity index (χ0v) is 10.2. The van der Waals surface area contributed by atoms with Crippen molar-refractivity contribution in [3.05, 3.63) is 0 Å². The Hall–Kier alpha value is -0.940. The number of carbonyl (C=O) groups excluding carboxylic acids is 2. The predicted molar refractivity (Wildman–Crippen MR) is 59.9 cm³/mol. The average Bonchev–Trinajstić information content (AvgIpc) is 2.47. The number of imide groups is 1. The molecule has 2 atom stereocenters. The van der Waals surface area contributed by atoms with Gasteiger partial charge in [0.1, 0.15) is 0 Å². The molecule has 0 aromatic rings. The van der Waals surface area contributed by atoms with E-state index < -0.39 is 0 Å². The van der Waals surface area contributed by atoms with E-state index in [2.05, 4.69) is 5.32 Å². The first-order valence-electron chi connectivity index (χ1n) is 5.69. The van der Waals surface area contributed by atoms with Crippen LogP contribution in [0.3, 0.4) is 0 Å². The van der Waals surface area contributed by atoms with Gasteiger partial charge >= 0.3 is 0 Å². The summed E-state index contributed by atoms with van der Waals surface area (Å²) in [5.41, 5.74) is 0. The summed E-state index contributed by atoms with van der Waals surface area (Å²) in [5.74, 6) is -0.177. The Bertz CT molecular complexity index is 268. The topological polar surface area (TPSA) is 58.6 Å². The van der Waals surface area contributed by atoms with Crippen molar-refractivity contribution >= 4 is 11.8 Å². The van der Waals surface area contributed by atoms with E-state index in [4.69, 9.17) is 4.74 Å². The molecule has 0 aliphatic carbocycles. The Morgan fingerprint density at radius 3 is 2.81 bits per heavy atom. The maximum absolute atomic E-state index is 11.8. The molecule has 5 heteroatoms. The summed E-state index contributed by atoms with van der Waals surface area (Å²) in [6.45, 7) is 4.94. The molecule has 0 spiro atoms. The van der Waals surface area contributed by atoms with Crippen LogP contribution in [0.1, 0.15) is 26.7 Å². The Morgan fingerprint density at radius 1 is 1.56 bits per heavy atom. The fraction of sp³-hybridized carbons (Fsp3) is 0.818. The lowest BCUT2D eigenvalue weighted by Crippen LogP contribution is -2.44. The van der Waals surface area contributed by atoms with Crippen molar-refractivity contribution in [1.29, 1.82) is 0 Å². The van der Waals surface area contributed by atoms with E-state index in [9.17, 15) is 9.59 Å². The molecule has 2 amide bonds. The van der Waals surface area contributed by atoms with Gasteiger partial charge in [-0.3, -0.25) is 14.5 Å². The van der Waals surface area contributed by atoms with Gasteiger partial charge in [0.2, 0.25) is 11.8 Å². The monoisotopic (exact) mass is 228 g/mol. The van der Waals surface area contributed by atoms with Crippen LogP contribution in [0.4, 0.5) is 0 Å². The van der Waals surface area contributed by atoms with Crippen LogP contribution in [-0.2, 0) is 14.3 Å². The van der Waals surface area contributed by atoms with Gasteiger partial charge in [0.25, 0.3) is 0 Å². The molecular formula is C11H20N2O3. The first-order chi connectivity index (χ1) is 7.60. The van der Waals surface area contributed by atoms with Crippen LogP contribution in [0.5, 0.6) is 0 Å². The fourth-order valence-corrected chi connectivity index (χ4v) is 1.91. The second kappa shape index (κ2) is 5.96. The van der Waals surface area contributed by atoms with Crippen molar-refractivity contribution in [3.8, 4) is 0 Å². The average molecular weight is 228 g/mol. The van der Waals surface area contributed by atoms with Crippen LogP contribution in [0.2, 0.25) is 0 Å². The molecule has 1 saturated heterocycles. The summed E-state index contributed by atoms with van der Waals surface area (Å²) in [7, 11) is 1.61. The van der Waals surface area contributed by atoms with Crippen molar-refractivity contribution in [2.75, 3.05) is 20.3 Å². The van der Waals surface area contributed by atoms with Crippen LogP contribution in [0.25, 0.3) is 0 Å². The van der Waals surface area contributed by atoms with Gasteiger partial charge in [-0.2, -0.15) is 0 Å². The van der Waals surface area contributed by atoms with E-state index in [-0.39, 0.29) is 30.3 Å². The molecular weight excluding hydrogens is 208 g/mol.